The van der Waals surface area contributed by atoms with E-state index < -0.39 is 0 Å². The molecule has 0 amide bonds. The maximum absolute atomic E-state index is 5.15. The molecule has 2 rings (SSSR count). The van der Waals surface area contributed by atoms with E-state index in [-0.39, 0.29) is 0 Å². The van der Waals surface area contributed by atoms with Crippen molar-refractivity contribution in [2.75, 3.05) is 5.32 Å². The van der Waals surface area contributed by atoms with Crippen LogP contribution in [0.4, 0.5) is 5.69 Å². The van der Waals surface area contributed by atoms with Crippen LogP contribution in [0.1, 0.15) is 12.6 Å². The Labute approximate surface area is 141 Å². The molecule has 2 N–H and O–H groups in total. The Kier molecular flexibility index (Phi) is 8.59. The first-order valence-corrected chi connectivity index (χ1v) is 7.72. The molecule has 0 bridgehead atoms. The summed E-state index contributed by atoms with van der Waals surface area (Å²) >= 11 is 8.50. The molecule has 0 atom stereocenters. The first-order chi connectivity index (χ1) is 10.3. The van der Waals surface area contributed by atoms with Crippen molar-refractivity contribution in [3.63, 3.8) is 0 Å². The number of nitrogens with zero attached hydrogens (tertiary/aromatic N) is 2. The summed E-state index contributed by atoms with van der Waals surface area (Å²) in [6, 6.07) is 15.4. The molecule has 0 aliphatic carbocycles. The van der Waals surface area contributed by atoms with Crippen LogP contribution in [0, 0.1) is 0 Å². The zero-order valence-electron chi connectivity index (χ0n) is 11.2. The molecule has 0 unspecified atom stereocenters. The maximum atomic E-state index is 5.15. The van der Waals surface area contributed by atoms with E-state index in [4.69, 9.17) is 12.2 Å². The number of anilines is 1. The average molecular weight is 365 g/mol. The van der Waals surface area contributed by atoms with Gasteiger partial charge in [-0.1, -0.05) is 24.3 Å². The van der Waals surface area contributed by atoms with E-state index >= 15 is 0 Å². The number of pyridine rings is 1. The Hall–Kier alpha value is -1.49. The van der Waals surface area contributed by atoms with Crippen molar-refractivity contribution < 1.29 is 14.6 Å². The third kappa shape index (κ3) is 6.67. The molecular formula is C14H14ClN4NiS. The number of benzene rings is 1. The van der Waals surface area contributed by atoms with Crippen molar-refractivity contribution in [2.24, 2.45) is 5.10 Å². The van der Waals surface area contributed by atoms with Gasteiger partial charge in [0.05, 0.1) is 11.4 Å². The van der Waals surface area contributed by atoms with Crippen molar-refractivity contribution >= 4 is 38.9 Å². The first kappa shape index (κ1) is 17.6. The molecule has 4 nitrogen and oxygen atoms in total. The summed E-state index contributed by atoms with van der Waals surface area (Å²) in [6.07, 6.45) is 1.73. The summed E-state index contributed by atoms with van der Waals surface area (Å²) in [7, 11) is 4.26. The minimum absolute atomic E-state index is 0.446. The predicted octanol–water partition coefficient (Wildman–Crippen LogP) is 3.48. The Bertz CT molecular complexity index is 578. The number of halogens is 1. The van der Waals surface area contributed by atoms with Crippen LogP contribution in [-0.2, 0) is 14.6 Å². The SMILES string of the molecule is CC(=NNC(=S)Nc1ccccc1)c1ccccn1.[Cl][Ni]. The predicted molar refractivity (Wildman–Crippen MR) is 88.1 cm³/mol. The van der Waals surface area contributed by atoms with Crippen molar-refractivity contribution in [2.45, 2.75) is 6.92 Å². The van der Waals surface area contributed by atoms with Crippen molar-refractivity contribution in [3.8, 4) is 0 Å². The zero-order chi connectivity index (χ0) is 15.5. The molecule has 0 spiro atoms. The fourth-order valence-corrected chi connectivity index (χ4v) is 1.61. The minimum atomic E-state index is 0.446. The Morgan fingerprint density at radius 2 is 1.81 bits per heavy atom. The van der Waals surface area contributed by atoms with Gasteiger partial charge >= 0.3 is 24.8 Å². The quantitative estimate of drug-likeness (QED) is 0.379. The molecule has 1 heterocycles. The summed E-state index contributed by atoms with van der Waals surface area (Å²) in [6.45, 7) is 1.88. The Morgan fingerprint density at radius 3 is 2.43 bits per heavy atom. The molecule has 7 heteroatoms. The fraction of sp³-hybridized carbons (Fsp3) is 0.0714. The van der Waals surface area contributed by atoms with Crippen LogP contribution < -0.4 is 10.7 Å². The number of aromatic nitrogens is 1. The van der Waals surface area contributed by atoms with Gasteiger partial charge in [-0.05, 0) is 43.4 Å². The third-order valence-electron chi connectivity index (χ3n) is 2.39. The number of hydrazone groups is 1. The van der Waals surface area contributed by atoms with Gasteiger partial charge in [0.2, 0.25) is 0 Å². The van der Waals surface area contributed by atoms with Gasteiger partial charge in [0, 0.05) is 11.9 Å². The average Bonchev–Trinajstić information content (AvgIpc) is 2.56. The van der Waals surface area contributed by atoms with E-state index in [0.29, 0.717) is 5.11 Å². The third-order valence-corrected chi connectivity index (χ3v) is 2.59. The van der Waals surface area contributed by atoms with Gasteiger partial charge in [0.15, 0.2) is 5.11 Å². The molecule has 1 aromatic heterocycles. The van der Waals surface area contributed by atoms with E-state index in [1.165, 1.54) is 0 Å². The van der Waals surface area contributed by atoms with Crippen LogP contribution in [0.15, 0.2) is 59.8 Å². The normalized spacial score (nSPS) is 10.2. The van der Waals surface area contributed by atoms with Crippen LogP contribution in [-0.4, -0.2) is 15.8 Å². The summed E-state index contributed by atoms with van der Waals surface area (Å²) in [5.41, 5.74) is 5.31. The van der Waals surface area contributed by atoms with E-state index in [0.717, 1.165) is 17.1 Å². The van der Waals surface area contributed by atoms with Gasteiger partial charge in [-0.15, -0.1) is 0 Å². The fourth-order valence-electron chi connectivity index (χ4n) is 1.45. The van der Waals surface area contributed by atoms with Crippen LogP contribution in [0.3, 0.4) is 0 Å². The van der Waals surface area contributed by atoms with E-state index in [2.05, 4.69) is 45.6 Å². The summed E-state index contributed by atoms with van der Waals surface area (Å²) in [5.74, 6) is 0. The standard InChI is InChI=1S/C14H14N4S.ClH.Ni/c1-11(13-9-5-6-10-15-13)17-18-14(19)16-12-7-3-2-4-8-12;;/h2-10H,1H3,(H2,16,18,19);1H;/q;;+1/p-1. The van der Waals surface area contributed by atoms with Crippen molar-refractivity contribution in [3.05, 3.63) is 60.4 Å². The van der Waals surface area contributed by atoms with Crippen LogP contribution in [0.5, 0.6) is 0 Å². The summed E-state index contributed by atoms with van der Waals surface area (Å²) in [5, 5.41) is 7.68. The molecule has 2 aromatic rings. The molecule has 0 saturated heterocycles. The van der Waals surface area contributed by atoms with Gasteiger partial charge in [-0.25, -0.2) is 0 Å². The summed E-state index contributed by atoms with van der Waals surface area (Å²) in [4.78, 5) is 4.21. The number of thiocarbonyl (C=S) groups is 1. The monoisotopic (exact) mass is 363 g/mol. The van der Waals surface area contributed by atoms with Gasteiger partial charge in [0.1, 0.15) is 0 Å². The second kappa shape index (κ2) is 10.3. The number of hydrogen-bond donors (Lipinski definition) is 2. The van der Waals surface area contributed by atoms with E-state index in [9.17, 15) is 0 Å². The van der Waals surface area contributed by atoms with Gasteiger partial charge in [-0.2, -0.15) is 5.10 Å². The molecule has 0 aliphatic rings. The molecule has 113 valence electrons. The van der Waals surface area contributed by atoms with Gasteiger partial charge < -0.3 is 5.32 Å². The van der Waals surface area contributed by atoms with Crippen LogP contribution in [0.2, 0.25) is 0 Å². The number of hydrogen-bond acceptors (Lipinski definition) is 3. The summed E-state index contributed by atoms with van der Waals surface area (Å²) < 4.78 is 0. The first-order valence-electron chi connectivity index (χ1n) is 5.95. The van der Waals surface area contributed by atoms with Gasteiger partial charge in [0.25, 0.3) is 0 Å². The van der Waals surface area contributed by atoms with Crippen molar-refractivity contribution in [1.82, 2.24) is 10.4 Å². The number of nitrogens with one attached hydrogen (secondary N) is 2. The zero-order valence-corrected chi connectivity index (χ0v) is 13.8. The molecule has 0 radical (unpaired) electrons. The van der Waals surface area contributed by atoms with Crippen LogP contribution >= 0.6 is 22.4 Å². The second-order valence-electron chi connectivity index (χ2n) is 3.84. The number of para-hydroxylation sites is 1. The molecule has 21 heavy (non-hydrogen) atoms. The van der Waals surface area contributed by atoms with E-state index in [1.54, 1.807) is 6.20 Å². The molecule has 0 aliphatic heterocycles. The Morgan fingerprint density at radius 1 is 1.14 bits per heavy atom. The number of rotatable bonds is 3. The second-order valence-corrected chi connectivity index (χ2v) is 4.25. The molecular weight excluding hydrogens is 350 g/mol. The Balaban J connectivity index is 0.00000106. The molecule has 0 saturated carbocycles. The van der Waals surface area contributed by atoms with Crippen LogP contribution in [0.25, 0.3) is 0 Å². The molecule has 1 aromatic carbocycles. The molecule has 0 fully saturated rings. The topological polar surface area (TPSA) is 49.3 Å². The van der Waals surface area contributed by atoms with Gasteiger partial charge in [-0.3, -0.25) is 10.4 Å². The van der Waals surface area contributed by atoms with Crippen molar-refractivity contribution in [1.29, 1.82) is 0 Å². The van der Waals surface area contributed by atoms with E-state index in [1.807, 2.05) is 55.5 Å².